The second kappa shape index (κ2) is 20.1. The van der Waals surface area contributed by atoms with Gasteiger partial charge in [0.1, 0.15) is 64.5 Å². The van der Waals surface area contributed by atoms with E-state index in [9.17, 15) is 38.4 Å². The third-order valence-electron chi connectivity index (χ3n) is 10.0. The van der Waals surface area contributed by atoms with E-state index in [4.69, 9.17) is 45.7 Å². The molecule has 21 heteroatoms. The van der Waals surface area contributed by atoms with E-state index in [-0.39, 0.29) is 19.8 Å². The fourth-order valence-electron chi connectivity index (χ4n) is 5.99. The van der Waals surface area contributed by atoms with Crippen molar-refractivity contribution in [3.8, 4) is 0 Å². The van der Waals surface area contributed by atoms with E-state index in [1.165, 1.54) is 48.5 Å². The minimum atomic E-state index is -1.97. The lowest BCUT2D eigenvalue weighted by Crippen LogP contribution is -2.47. The summed E-state index contributed by atoms with van der Waals surface area (Å²) in [6, 6.07) is 0. The normalized spacial score (nSPS) is 22.8. The number of rotatable bonds is 23. The number of halogens is 3. The topological polar surface area (TPSA) is 214 Å². The maximum Gasteiger partial charge on any atom is 0.322 e. The lowest BCUT2D eigenvalue weighted by atomic mass is 9.73. The molecule has 0 aliphatic carbocycles. The Morgan fingerprint density at radius 1 is 0.548 bits per heavy atom. The molecule has 3 aliphatic heterocycles. The number of alkyl halides is 3. The van der Waals surface area contributed by atoms with Crippen molar-refractivity contribution in [2.24, 2.45) is 28.1 Å². The molecule has 2 radical (unpaired) electrons. The van der Waals surface area contributed by atoms with E-state index in [1.807, 2.05) is 13.8 Å². The molecule has 7 atom stereocenters. The molecule has 3 rings (SSSR count). The summed E-state index contributed by atoms with van der Waals surface area (Å²) >= 11 is 9.91. The largest absolute Gasteiger partial charge is 0.464 e. The van der Waals surface area contributed by atoms with Gasteiger partial charge < -0.3 is 37.9 Å². The van der Waals surface area contributed by atoms with E-state index in [1.54, 1.807) is 26.0 Å². The van der Waals surface area contributed by atoms with Crippen LogP contribution in [-0.4, -0.2) is 145 Å². The lowest BCUT2D eigenvalue weighted by Gasteiger charge is -2.33. The van der Waals surface area contributed by atoms with Gasteiger partial charge >= 0.3 is 35.8 Å². The molecular weight excluding hydrogens is 1010 g/mol. The molecular formula is C41H57BBr3NO16. The number of nitrogens with zero attached hydrogens (tertiary/aromatic N) is 1. The third kappa shape index (κ3) is 13.8. The van der Waals surface area contributed by atoms with Gasteiger partial charge in [0.15, 0.2) is 0 Å². The molecule has 0 aromatic carbocycles. The van der Waals surface area contributed by atoms with E-state index in [2.05, 4.69) is 47.8 Å². The van der Waals surface area contributed by atoms with Gasteiger partial charge in [-0.1, -0.05) is 73.8 Å². The van der Waals surface area contributed by atoms with Crippen LogP contribution in [0.4, 0.5) is 0 Å². The third-order valence-corrected chi connectivity index (χ3v) is 10.9. The first-order valence-corrected chi connectivity index (χ1v) is 22.2. The van der Waals surface area contributed by atoms with Gasteiger partial charge in [-0.25, -0.2) is 0 Å². The summed E-state index contributed by atoms with van der Waals surface area (Å²) in [5.41, 5.74) is -5.45. The van der Waals surface area contributed by atoms with Crippen molar-refractivity contribution in [1.82, 2.24) is 4.90 Å². The minimum Gasteiger partial charge on any atom is -0.464 e. The van der Waals surface area contributed by atoms with Crippen molar-refractivity contribution in [3.63, 3.8) is 0 Å². The van der Waals surface area contributed by atoms with E-state index < -0.39 is 146 Å². The number of amides is 2. The SMILES string of the molecule is [B]C(C)(C)C(=O)OCC(C)(COC(=O)C(C)(C)Br)C(=O)OCC(C)(COC(=O)C(C)(COCC(C)(C)Br)COC(=O)C(C)(C)Br)C(=O)OCCN1C(=O)[C@@H]2C3C=CC(O3)[C@@H]2C1=O. The highest BCUT2D eigenvalue weighted by Gasteiger charge is 2.60. The second-order valence-corrected chi connectivity index (χ2v) is 25.0. The van der Waals surface area contributed by atoms with Crippen molar-refractivity contribution in [2.45, 2.75) is 107 Å². The van der Waals surface area contributed by atoms with Crippen LogP contribution in [-0.2, 0) is 76.3 Å². The second-order valence-electron chi connectivity index (χ2n) is 18.9. The molecule has 5 unspecified atom stereocenters. The molecule has 17 nitrogen and oxygen atoms in total. The smallest absolute Gasteiger partial charge is 0.322 e. The Labute approximate surface area is 388 Å². The number of carbonyl (C=O) groups excluding carboxylic acids is 8. The summed E-state index contributed by atoms with van der Waals surface area (Å²) in [6.07, 6.45) is 2.43. The average molecular weight is 1070 g/mol. The summed E-state index contributed by atoms with van der Waals surface area (Å²) in [5, 5.41) is -1.45. The zero-order valence-electron chi connectivity index (χ0n) is 37.0. The quantitative estimate of drug-likeness (QED) is 0.0352. The first-order valence-electron chi connectivity index (χ1n) is 19.8. The summed E-state index contributed by atoms with van der Waals surface area (Å²) in [5.74, 6) is -7.70. The molecule has 2 fully saturated rings. The molecule has 62 heavy (non-hydrogen) atoms. The lowest BCUT2D eigenvalue weighted by molar-refractivity contribution is -0.182. The molecule has 0 aromatic heterocycles. The van der Waals surface area contributed by atoms with Gasteiger partial charge in [-0.2, -0.15) is 0 Å². The highest BCUT2D eigenvalue weighted by molar-refractivity contribution is 9.10. The molecule has 0 aromatic rings. The van der Waals surface area contributed by atoms with E-state index in [0.717, 1.165) is 4.90 Å². The van der Waals surface area contributed by atoms with Gasteiger partial charge in [0.2, 0.25) is 11.8 Å². The van der Waals surface area contributed by atoms with E-state index in [0.29, 0.717) is 0 Å². The summed E-state index contributed by atoms with van der Waals surface area (Å²) in [6.45, 7) is 12.4. The van der Waals surface area contributed by atoms with Crippen molar-refractivity contribution in [1.29, 1.82) is 0 Å². The highest BCUT2D eigenvalue weighted by Crippen LogP contribution is 2.45. The summed E-state index contributed by atoms with van der Waals surface area (Å²) in [7, 11) is 5.87. The number of hydrogen-bond acceptors (Lipinski definition) is 16. The van der Waals surface area contributed by atoms with Crippen LogP contribution in [0.1, 0.15) is 76.2 Å². The molecule has 0 saturated carbocycles. The Balaban J connectivity index is 1.88. The molecule has 3 heterocycles. The fourth-order valence-corrected chi connectivity index (χ4v) is 6.38. The number of fused-ring (bicyclic) bond motifs is 5. The zero-order chi connectivity index (χ0) is 47.4. The van der Waals surface area contributed by atoms with Gasteiger partial charge in [-0.3, -0.25) is 43.3 Å². The van der Waals surface area contributed by atoms with Crippen LogP contribution in [0.25, 0.3) is 0 Å². The molecule has 346 valence electrons. The van der Waals surface area contributed by atoms with Crippen molar-refractivity contribution in [3.05, 3.63) is 12.2 Å². The van der Waals surface area contributed by atoms with Crippen LogP contribution >= 0.6 is 47.8 Å². The Morgan fingerprint density at radius 2 is 0.887 bits per heavy atom. The van der Waals surface area contributed by atoms with Crippen molar-refractivity contribution in [2.75, 3.05) is 59.4 Å². The van der Waals surface area contributed by atoms with Crippen LogP contribution in [0, 0.1) is 28.1 Å². The zero-order valence-corrected chi connectivity index (χ0v) is 41.8. The number of carbonyl (C=O) groups is 8. The maximum atomic E-state index is 14.0. The Bertz CT molecular complexity index is 1720. The number of likely N-dealkylation sites (tertiary alicyclic amines) is 1. The van der Waals surface area contributed by atoms with Gasteiger partial charge in [-0.15, -0.1) is 0 Å². The first kappa shape index (κ1) is 53.5. The van der Waals surface area contributed by atoms with Crippen LogP contribution in [0.15, 0.2) is 12.2 Å². The van der Waals surface area contributed by atoms with Crippen LogP contribution < -0.4 is 0 Å². The Morgan fingerprint density at radius 3 is 1.24 bits per heavy atom. The van der Waals surface area contributed by atoms with Crippen LogP contribution in [0.5, 0.6) is 0 Å². The molecule has 0 spiro atoms. The van der Waals surface area contributed by atoms with Gasteiger partial charge in [0, 0.05) is 9.64 Å². The van der Waals surface area contributed by atoms with Gasteiger partial charge in [-0.05, 0) is 62.3 Å². The summed E-state index contributed by atoms with van der Waals surface area (Å²) in [4.78, 5) is 107. The summed E-state index contributed by atoms with van der Waals surface area (Å²) < 4.78 is 41.9. The van der Waals surface area contributed by atoms with Crippen molar-refractivity contribution >= 4 is 103 Å². The molecule has 0 N–H and O–H groups in total. The molecule has 3 aliphatic rings. The van der Waals surface area contributed by atoms with Crippen molar-refractivity contribution < 1.29 is 76.3 Å². The van der Waals surface area contributed by atoms with Gasteiger partial charge in [0.25, 0.3) is 0 Å². The highest BCUT2D eigenvalue weighted by atomic mass is 79.9. The molecule has 2 saturated heterocycles. The minimum absolute atomic E-state index is 0.140. The van der Waals surface area contributed by atoms with Gasteiger partial charge in [0.05, 0.1) is 51.6 Å². The maximum absolute atomic E-state index is 14.0. The van der Waals surface area contributed by atoms with Crippen LogP contribution in [0.3, 0.4) is 0 Å². The Kier molecular flexibility index (Phi) is 17.3. The van der Waals surface area contributed by atoms with E-state index >= 15 is 0 Å². The first-order chi connectivity index (χ1) is 28.1. The number of ether oxygens (including phenoxy) is 8. The predicted molar refractivity (Wildman–Crippen MR) is 231 cm³/mol. The number of imide groups is 1. The fraction of sp³-hybridized carbons (Fsp3) is 0.756. The number of hydrogen-bond donors (Lipinski definition) is 0. The average Bonchev–Trinajstić information content (AvgIpc) is 3.84. The predicted octanol–water partition coefficient (Wildman–Crippen LogP) is 4.11. The molecule has 2 bridgehead atoms. The number of esters is 6. The monoisotopic (exact) mass is 1070 g/mol. The van der Waals surface area contributed by atoms with Crippen LogP contribution in [0.2, 0.25) is 5.31 Å². The standard InChI is InChI=1S/C41H57BBr3NO16/c1-35(2,43)16-55-17-39(9,18-58-30(50)37(5,6)44)33(53)60-21-40(10,32(52)56-15-14-46-27(47)25-23-12-13-24(62-23)26(25)28(46)48)22-61-34(54)41(11,19-57-29(49)36(3,4)42)20-59-31(51)38(7,8)45/h12-13,23-26H,14-22H2,1-11H3/t23?,24?,25-,26+,39?,40?,41?. The molecule has 2 amide bonds. The Hall–Kier alpha value is -2.88.